The van der Waals surface area contributed by atoms with Crippen molar-refractivity contribution in [3.8, 4) is 12.3 Å². The number of hydrogen-bond acceptors (Lipinski definition) is 3. The molecule has 1 aromatic rings. The van der Waals surface area contributed by atoms with Crippen LogP contribution in [0.4, 0.5) is 5.82 Å². The number of nitrogens with zero attached hydrogens (tertiary/aromatic N) is 2. The molecule has 2 rings (SSSR count). The molecule has 1 saturated carbocycles. The third-order valence-corrected chi connectivity index (χ3v) is 2.34. The van der Waals surface area contributed by atoms with Crippen molar-refractivity contribution in [1.29, 1.82) is 0 Å². The minimum Gasteiger partial charge on any atom is -0.358 e. The van der Waals surface area contributed by atoms with E-state index in [9.17, 15) is 10.1 Å². The van der Waals surface area contributed by atoms with E-state index in [1.165, 1.54) is 6.20 Å². The number of aromatic amines is 1. The van der Waals surface area contributed by atoms with Gasteiger partial charge in [-0.25, -0.2) is 0 Å². The predicted octanol–water partition coefficient (Wildman–Crippen LogP) is 0.983. The van der Waals surface area contributed by atoms with Crippen molar-refractivity contribution < 1.29 is 4.92 Å². The quantitative estimate of drug-likeness (QED) is 0.416. The molecule has 0 atom stereocenters. The molecule has 1 aliphatic rings. The van der Waals surface area contributed by atoms with E-state index in [0.717, 1.165) is 12.8 Å². The molecule has 66 valence electrons. The van der Waals surface area contributed by atoms with Crippen LogP contribution in [0.3, 0.4) is 0 Å². The lowest BCUT2D eigenvalue weighted by Gasteiger charge is -2.02. The summed E-state index contributed by atoms with van der Waals surface area (Å²) in [7, 11) is 0. The summed E-state index contributed by atoms with van der Waals surface area (Å²) in [6, 6.07) is 0. The first kappa shape index (κ1) is 7.80. The molecule has 5 nitrogen and oxygen atoms in total. The first-order chi connectivity index (χ1) is 6.19. The van der Waals surface area contributed by atoms with Gasteiger partial charge in [0.25, 0.3) is 0 Å². The van der Waals surface area contributed by atoms with Gasteiger partial charge in [-0.2, -0.15) is 0 Å². The fourth-order valence-electron chi connectivity index (χ4n) is 1.39. The highest BCUT2D eigenvalue weighted by atomic mass is 16.6. The van der Waals surface area contributed by atoms with E-state index in [4.69, 9.17) is 6.42 Å². The van der Waals surface area contributed by atoms with Crippen LogP contribution in [-0.4, -0.2) is 15.1 Å². The van der Waals surface area contributed by atoms with Gasteiger partial charge in [0, 0.05) is 0 Å². The van der Waals surface area contributed by atoms with Gasteiger partial charge < -0.3 is 10.1 Å². The molecule has 0 spiro atoms. The van der Waals surface area contributed by atoms with Gasteiger partial charge in [-0.05, 0) is 17.8 Å². The lowest BCUT2D eigenvalue weighted by Crippen LogP contribution is -2.04. The van der Waals surface area contributed by atoms with Crippen molar-refractivity contribution in [3.63, 3.8) is 0 Å². The Morgan fingerprint density at radius 1 is 1.77 bits per heavy atom. The van der Waals surface area contributed by atoms with E-state index in [1.54, 1.807) is 0 Å². The number of aromatic nitrogens is 2. The molecule has 1 aliphatic carbocycles. The first-order valence-corrected chi connectivity index (χ1v) is 3.86. The molecule has 1 heterocycles. The standard InChI is InChI=1S/C8H7N3O2/c1-2-8(3-4-8)6-5-9-10-7(6)11(12)13/h1,5H,3-4H2,(H,9,10). The normalized spacial score (nSPS) is 17.8. The van der Waals surface area contributed by atoms with Crippen molar-refractivity contribution >= 4 is 5.82 Å². The summed E-state index contributed by atoms with van der Waals surface area (Å²) in [6.45, 7) is 0. The summed E-state index contributed by atoms with van der Waals surface area (Å²) in [5.74, 6) is 2.51. The van der Waals surface area contributed by atoms with Crippen molar-refractivity contribution in [3.05, 3.63) is 21.9 Å². The van der Waals surface area contributed by atoms with E-state index >= 15 is 0 Å². The summed E-state index contributed by atoms with van der Waals surface area (Å²) in [4.78, 5) is 10.1. The topological polar surface area (TPSA) is 71.8 Å². The second kappa shape index (κ2) is 2.33. The second-order valence-electron chi connectivity index (χ2n) is 3.12. The predicted molar refractivity (Wildman–Crippen MR) is 45.0 cm³/mol. The van der Waals surface area contributed by atoms with Crippen molar-refractivity contribution in [2.45, 2.75) is 18.3 Å². The van der Waals surface area contributed by atoms with E-state index in [-0.39, 0.29) is 5.82 Å². The lowest BCUT2D eigenvalue weighted by atomic mass is 10.0. The van der Waals surface area contributed by atoms with Gasteiger partial charge in [0.15, 0.2) is 0 Å². The number of H-pyrrole nitrogens is 1. The Kier molecular flexibility index (Phi) is 1.40. The minimum absolute atomic E-state index is 0.0737. The highest BCUT2D eigenvalue weighted by Crippen LogP contribution is 2.49. The Bertz CT molecular complexity index is 398. The van der Waals surface area contributed by atoms with E-state index in [0.29, 0.717) is 5.56 Å². The molecule has 0 radical (unpaired) electrons. The van der Waals surface area contributed by atoms with Gasteiger partial charge in [-0.15, -0.1) is 11.5 Å². The molecular weight excluding hydrogens is 170 g/mol. The van der Waals surface area contributed by atoms with Crippen LogP contribution in [-0.2, 0) is 5.41 Å². The summed E-state index contributed by atoms with van der Waals surface area (Å²) >= 11 is 0. The molecule has 0 unspecified atom stereocenters. The monoisotopic (exact) mass is 177 g/mol. The summed E-state index contributed by atoms with van der Waals surface area (Å²) in [5, 5.41) is 16.5. The van der Waals surface area contributed by atoms with Gasteiger partial charge in [-0.1, -0.05) is 11.0 Å². The van der Waals surface area contributed by atoms with Gasteiger partial charge in [0.1, 0.15) is 0 Å². The number of rotatable bonds is 2. The van der Waals surface area contributed by atoms with Gasteiger partial charge in [0.05, 0.1) is 17.2 Å². The molecule has 0 bridgehead atoms. The molecular formula is C8H7N3O2. The van der Waals surface area contributed by atoms with Crippen LogP contribution in [0.1, 0.15) is 18.4 Å². The molecule has 0 amide bonds. The Hall–Kier alpha value is -1.83. The Morgan fingerprint density at radius 2 is 2.46 bits per heavy atom. The Labute approximate surface area is 74.3 Å². The minimum atomic E-state index is -0.486. The van der Waals surface area contributed by atoms with Crippen molar-refractivity contribution in [1.82, 2.24) is 10.2 Å². The van der Waals surface area contributed by atoms with Crippen LogP contribution >= 0.6 is 0 Å². The number of nitrogens with one attached hydrogen (secondary N) is 1. The summed E-state index contributed by atoms with van der Waals surface area (Å²) in [6.07, 6.45) is 8.38. The first-order valence-electron chi connectivity index (χ1n) is 3.86. The average Bonchev–Trinajstić information content (AvgIpc) is 2.74. The highest BCUT2D eigenvalue weighted by Gasteiger charge is 2.47. The fourth-order valence-corrected chi connectivity index (χ4v) is 1.39. The van der Waals surface area contributed by atoms with E-state index < -0.39 is 10.3 Å². The molecule has 5 heteroatoms. The van der Waals surface area contributed by atoms with Gasteiger partial charge in [-0.3, -0.25) is 0 Å². The molecule has 1 fully saturated rings. The molecule has 0 aromatic carbocycles. The summed E-state index contributed by atoms with van der Waals surface area (Å²) in [5.41, 5.74) is 0.120. The lowest BCUT2D eigenvalue weighted by molar-refractivity contribution is -0.390. The van der Waals surface area contributed by atoms with E-state index in [2.05, 4.69) is 16.1 Å². The van der Waals surface area contributed by atoms with Crippen LogP contribution < -0.4 is 0 Å². The van der Waals surface area contributed by atoms with Crippen molar-refractivity contribution in [2.24, 2.45) is 0 Å². The highest BCUT2D eigenvalue weighted by molar-refractivity contribution is 5.47. The van der Waals surface area contributed by atoms with Crippen LogP contribution in [0.5, 0.6) is 0 Å². The maximum Gasteiger partial charge on any atom is 0.347 e. The molecule has 1 aromatic heterocycles. The van der Waals surface area contributed by atoms with Gasteiger partial charge >= 0.3 is 5.82 Å². The zero-order valence-electron chi connectivity index (χ0n) is 6.78. The van der Waals surface area contributed by atoms with E-state index in [1.807, 2.05) is 0 Å². The van der Waals surface area contributed by atoms with Crippen LogP contribution in [0.15, 0.2) is 6.20 Å². The summed E-state index contributed by atoms with van der Waals surface area (Å²) < 4.78 is 0. The fraction of sp³-hybridized carbons (Fsp3) is 0.375. The number of terminal acetylenes is 1. The number of hydrogen-bond donors (Lipinski definition) is 1. The smallest absolute Gasteiger partial charge is 0.347 e. The molecule has 0 aliphatic heterocycles. The largest absolute Gasteiger partial charge is 0.358 e. The zero-order valence-corrected chi connectivity index (χ0v) is 6.78. The molecule has 0 saturated heterocycles. The Morgan fingerprint density at radius 3 is 2.92 bits per heavy atom. The van der Waals surface area contributed by atoms with Gasteiger partial charge in [0.2, 0.25) is 0 Å². The van der Waals surface area contributed by atoms with Crippen LogP contribution in [0, 0.1) is 22.5 Å². The molecule has 13 heavy (non-hydrogen) atoms. The zero-order chi connectivity index (χ0) is 9.47. The van der Waals surface area contributed by atoms with Crippen molar-refractivity contribution in [2.75, 3.05) is 0 Å². The maximum atomic E-state index is 10.5. The maximum absolute atomic E-state index is 10.5. The third-order valence-electron chi connectivity index (χ3n) is 2.34. The molecule has 1 N–H and O–H groups in total. The SMILES string of the molecule is C#CC1(c2cn[nH]c2[N+](=O)[O-])CC1. The van der Waals surface area contributed by atoms with Crippen LogP contribution in [0.2, 0.25) is 0 Å². The average molecular weight is 177 g/mol. The third kappa shape index (κ3) is 0.991. The second-order valence-corrected chi connectivity index (χ2v) is 3.12. The Balaban J connectivity index is 2.48. The van der Waals surface area contributed by atoms with Crippen LogP contribution in [0.25, 0.3) is 0 Å². The number of nitro groups is 1.